The second kappa shape index (κ2) is 7.31. The van der Waals surface area contributed by atoms with E-state index in [4.69, 9.17) is 0 Å². The van der Waals surface area contributed by atoms with Gasteiger partial charge in [-0.15, -0.1) is 0 Å². The van der Waals surface area contributed by atoms with Gasteiger partial charge in [0.05, 0.1) is 6.20 Å². The summed E-state index contributed by atoms with van der Waals surface area (Å²) in [6.45, 7) is 2.71. The first-order chi connectivity index (χ1) is 13.6. The van der Waals surface area contributed by atoms with Crippen LogP contribution in [-0.4, -0.2) is 26.8 Å². The third-order valence-corrected chi connectivity index (χ3v) is 5.14. The molecule has 0 fully saturated rings. The quantitative estimate of drug-likeness (QED) is 0.584. The molecule has 1 unspecified atom stereocenters. The Bertz CT molecular complexity index is 1210. The van der Waals surface area contributed by atoms with Gasteiger partial charge in [0.25, 0.3) is 5.56 Å². The molecule has 0 aliphatic rings. The van der Waals surface area contributed by atoms with Crippen LogP contribution in [0.2, 0.25) is 0 Å². The first kappa shape index (κ1) is 18.0. The predicted molar refractivity (Wildman–Crippen MR) is 110 cm³/mol. The Labute approximate surface area is 162 Å². The van der Waals surface area contributed by atoms with Gasteiger partial charge in [-0.2, -0.15) is 5.10 Å². The van der Waals surface area contributed by atoms with E-state index in [0.717, 1.165) is 16.3 Å². The van der Waals surface area contributed by atoms with E-state index in [-0.39, 0.29) is 23.9 Å². The molecule has 0 radical (unpaired) electrons. The molecule has 4 aromatic rings. The van der Waals surface area contributed by atoms with Crippen molar-refractivity contribution in [3.63, 3.8) is 0 Å². The Morgan fingerprint density at radius 1 is 1.07 bits per heavy atom. The molecule has 0 saturated heterocycles. The minimum atomic E-state index is -0.209. The molecule has 1 amide bonds. The van der Waals surface area contributed by atoms with E-state index in [0.29, 0.717) is 12.1 Å². The van der Waals surface area contributed by atoms with E-state index >= 15 is 0 Å². The van der Waals surface area contributed by atoms with Crippen molar-refractivity contribution in [2.24, 2.45) is 7.05 Å². The highest BCUT2D eigenvalue weighted by Gasteiger charge is 2.17. The topological polar surface area (TPSA) is 68.9 Å². The summed E-state index contributed by atoms with van der Waals surface area (Å²) in [5.74, 6) is 0.0877. The lowest BCUT2D eigenvalue weighted by Gasteiger charge is -2.14. The van der Waals surface area contributed by atoms with Crippen LogP contribution in [0.4, 0.5) is 0 Å². The Morgan fingerprint density at radius 3 is 2.57 bits per heavy atom. The number of aryl methyl sites for hydroxylation is 1. The van der Waals surface area contributed by atoms with Gasteiger partial charge < -0.3 is 9.88 Å². The van der Waals surface area contributed by atoms with Crippen molar-refractivity contribution in [3.8, 4) is 0 Å². The van der Waals surface area contributed by atoms with Crippen molar-refractivity contribution in [1.82, 2.24) is 19.7 Å². The van der Waals surface area contributed by atoms with Gasteiger partial charge in [0.15, 0.2) is 0 Å². The average Bonchev–Trinajstić information content (AvgIpc) is 3.04. The molecule has 0 spiro atoms. The number of para-hydroxylation sites is 1. The van der Waals surface area contributed by atoms with Crippen molar-refractivity contribution in [1.29, 1.82) is 0 Å². The number of benzene rings is 2. The first-order valence-electron chi connectivity index (χ1n) is 9.31. The number of carbonyl (C=O) groups excluding carboxylic acids is 1. The van der Waals surface area contributed by atoms with Crippen molar-refractivity contribution in [2.45, 2.75) is 19.4 Å². The van der Waals surface area contributed by atoms with Crippen LogP contribution in [0.1, 0.15) is 18.4 Å². The molecule has 0 bridgehead atoms. The van der Waals surface area contributed by atoms with Crippen molar-refractivity contribution < 1.29 is 4.79 Å². The van der Waals surface area contributed by atoms with Gasteiger partial charge >= 0.3 is 0 Å². The van der Waals surface area contributed by atoms with Crippen LogP contribution in [0.5, 0.6) is 0 Å². The summed E-state index contributed by atoms with van der Waals surface area (Å²) in [6, 6.07) is 17.8. The second-order valence-electron chi connectivity index (χ2n) is 7.05. The fraction of sp³-hybridized carbons (Fsp3) is 0.227. The highest BCUT2D eigenvalue weighted by Crippen LogP contribution is 2.26. The maximum atomic E-state index is 12.7. The minimum absolute atomic E-state index is 0.0881. The summed E-state index contributed by atoms with van der Waals surface area (Å²) >= 11 is 0. The van der Waals surface area contributed by atoms with Crippen LogP contribution in [0.3, 0.4) is 0 Å². The van der Waals surface area contributed by atoms with Gasteiger partial charge in [-0.1, -0.05) is 55.5 Å². The van der Waals surface area contributed by atoms with Crippen LogP contribution in [-0.2, 0) is 18.4 Å². The molecule has 6 nitrogen and oxygen atoms in total. The monoisotopic (exact) mass is 374 g/mol. The SMILES string of the molecule is CC(CNC(=O)Cn1c2ccccc2c2cnn(C)c(=O)c21)c1ccccc1. The minimum Gasteiger partial charge on any atom is -0.354 e. The molecule has 2 heterocycles. The Balaban J connectivity index is 1.63. The summed E-state index contributed by atoms with van der Waals surface area (Å²) in [4.78, 5) is 25.4. The van der Waals surface area contributed by atoms with Gasteiger partial charge in [0, 0.05) is 29.9 Å². The summed E-state index contributed by atoms with van der Waals surface area (Å²) in [5.41, 5.74) is 2.33. The smallest absolute Gasteiger partial charge is 0.291 e. The fourth-order valence-corrected chi connectivity index (χ4v) is 3.57. The first-order valence-corrected chi connectivity index (χ1v) is 9.31. The van der Waals surface area contributed by atoms with Crippen LogP contribution < -0.4 is 10.9 Å². The van der Waals surface area contributed by atoms with Crippen LogP contribution in [0, 0.1) is 0 Å². The second-order valence-corrected chi connectivity index (χ2v) is 7.05. The van der Waals surface area contributed by atoms with Crippen molar-refractivity contribution in [2.75, 3.05) is 6.54 Å². The zero-order chi connectivity index (χ0) is 19.7. The molecule has 4 rings (SSSR count). The largest absolute Gasteiger partial charge is 0.354 e. The zero-order valence-corrected chi connectivity index (χ0v) is 15.9. The van der Waals surface area contributed by atoms with E-state index < -0.39 is 0 Å². The molecule has 0 saturated carbocycles. The maximum Gasteiger partial charge on any atom is 0.291 e. The number of fused-ring (bicyclic) bond motifs is 3. The summed E-state index contributed by atoms with van der Waals surface area (Å²) in [7, 11) is 1.62. The van der Waals surface area contributed by atoms with Gasteiger partial charge in [-0.3, -0.25) is 9.59 Å². The summed E-state index contributed by atoms with van der Waals surface area (Å²) in [6.07, 6.45) is 1.69. The fourth-order valence-electron chi connectivity index (χ4n) is 3.57. The molecule has 28 heavy (non-hydrogen) atoms. The Morgan fingerprint density at radius 2 is 1.79 bits per heavy atom. The number of carbonyl (C=O) groups is 1. The molecule has 1 N–H and O–H groups in total. The van der Waals surface area contributed by atoms with Crippen LogP contribution >= 0.6 is 0 Å². The summed E-state index contributed by atoms with van der Waals surface area (Å²) < 4.78 is 3.09. The molecule has 142 valence electrons. The van der Waals surface area contributed by atoms with Gasteiger partial charge in [0.2, 0.25) is 5.91 Å². The third-order valence-electron chi connectivity index (χ3n) is 5.14. The molecule has 1 atom stereocenters. The number of nitrogens with zero attached hydrogens (tertiary/aromatic N) is 3. The molecular weight excluding hydrogens is 352 g/mol. The van der Waals surface area contributed by atoms with Crippen molar-refractivity contribution in [3.05, 3.63) is 76.7 Å². The highest BCUT2D eigenvalue weighted by atomic mass is 16.2. The number of aromatic nitrogens is 3. The molecule has 6 heteroatoms. The molecule has 2 aromatic heterocycles. The third kappa shape index (κ3) is 3.17. The molecule has 0 aliphatic carbocycles. The van der Waals surface area contributed by atoms with Crippen LogP contribution in [0.15, 0.2) is 65.6 Å². The van der Waals surface area contributed by atoms with Gasteiger partial charge in [0.1, 0.15) is 12.1 Å². The molecule has 0 aliphatic heterocycles. The van der Waals surface area contributed by atoms with E-state index in [1.165, 1.54) is 10.2 Å². The van der Waals surface area contributed by atoms with Crippen molar-refractivity contribution >= 4 is 27.7 Å². The average molecular weight is 374 g/mol. The number of hydrogen-bond donors (Lipinski definition) is 1. The van der Waals surface area contributed by atoms with E-state index in [1.54, 1.807) is 17.8 Å². The molecular formula is C22H22N4O2. The highest BCUT2D eigenvalue weighted by molar-refractivity contribution is 6.07. The van der Waals surface area contributed by atoms with Gasteiger partial charge in [-0.25, -0.2) is 4.68 Å². The number of nitrogens with one attached hydrogen (secondary N) is 1. The summed E-state index contributed by atoms with van der Waals surface area (Å²) in [5, 5.41) is 8.82. The number of amides is 1. The number of hydrogen-bond acceptors (Lipinski definition) is 3. The van der Waals surface area contributed by atoms with E-state index in [2.05, 4.69) is 29.5 Å². The predicted octanol–water partition coefficient (Wildman–Crippen LogP) is 2.81. The lowest BCUT2D eigenvalue weighted by molar-refractivity contribution is -0.121. The van der Waals surface area contributed by atoms with Gasteiger partial charge in [-0.05, 0) is 17.5 Å². The lowest BCUT2D eigenvalue weighted by atomic mass is 10.0. The van der Waals surface area contributed by atoms with E-state index in [1.807, 2.05) is 42.5 Å². The Kier molecular flexibility index (Phi) is 4.69. The van der Waals surface area contributed by atoms with Crippen LogP contribution in [0.25, 0.3) is 21.8 Å². The normalized spacial score (nSPS) is 12.4. The number of rotatable bonds is 5. The Hall–Kier alpha value is -3.41. The zero-order valence-electron chi connectivity index (χ0n) is 15.9. The maximum absolute atomic E-state index is 12.7. The molecule has 2 aromatic carbocycles. The standard InChI is InChI=1S/C22H22N4O2/c1-15(16-8-4-3-5-9-16)12-23-20(27)14-26-19-11-7-6-10-17(19)18-13-24-25(2)22(28)21(18)26/h3-11,13,15H,12,14H2,1-2H3,(H,23,27). The lowest BCUT2D eigenvalue weighted by Crippen LogP contribution is -2.31. The van der Waals surface area contributed by atoms with E-state index in [9.17, 15) is 9.59 Å².